The third-order valence-corrected chi connectivity index (χ3v) is 4.86. The van der Waals surface area contributed by atoms with Gasteiger partial charge in [0.05, 0.1) is 24.7 Å². The number of pyridine rings is 1. The molecule has 0 fully saturated rings. The first-order valence-corrected chi connectivity index (χ1v) is 8.24. The predicted molar refractivity (Wildman–Crippen MR) is 88.9 cm³/mol. The van der Waals surface area contributed by atoms with Gasteiger partial charge < -0.3 is 10.1 Å². The number of anilines is 1. The minimum Gasteiger partial charge on any atom is -0.481 e. The standard InChI is InChI=1S/C15H13N3O2S2/c1-9-13(22-15(17-9)10-5-6-21-8-10)14(19)18-11-3-4-12(20-2)16-7-11/h3-8H,1-2H3,(H,18,19). The quantitative estimate of drug-likeness (QED) is 0.789. The van der Waals surface area contributed by atoms with Gasteiger partial charge in [0, 0.05) is 17.0 Å². The van der Waals surface area contributed by atoms with E-state index >= 15 is 0 Å². The molecule has 0 aliphatic heterocycles. The summed E-state index contributed by atoms with van der Waals surface area (Å²) < 4.78 is 4.99. The second-order valence-electron chi connectivity index (χ2n) is 4.49. The largest absolute Gasteiger partial charge is 0.481 e. The van der Waals surface area contributed by atoms with E-state index < -0.39 is 0 Å². The fourth-order valence-corrected chi connectivity index (χ4v) is 3.55. The van der Waals surface area contributed by atoms with Gasteiger partial charge in [0.2, 0.25) is 5.88 Å². The lowest BCUT2D eigenvalue weighted by molar-refractivity contribution is 0.102. The van der Waals surface area contributed by atoms with E-state index in [1.54, 1.807) is 36.8 Å². The average molecular weight is 331 g/mol. The highest BCUT2D eigenvalue weighted by Gasteiger charge is 2.16. The number of aromatic nitrogens is 2. The zero-order chi connectivity index (χ0) is 15.5. The van der Waals surface area contributed by atoms with Crippen molar-refractivity contribution in [3.63, 3.8) is 0 Å². The molecule has 0 atom stereocenters. The summed E-state index contributed by atoms with van der Waals surface area (Å²) in [5.74, 6) is 0.329. The van der Waals surface area contributed by atoms with Gasteiger partial charge in [0.15, 0.2) is 0 Å². The van der Waals surface area contributed by atoms with Crippen LogP contribution in [0.2, 0.25) is 0 Å². The highest BCUT2D eigenvalue weighted by molar-refractivity contribution is 7.17. The van der Waals surface area contributed by atoms with E-state index in [1.807, 2.05) is 23.8 Å². The van der Waals surface area contributed by atoms with Crippen LogP contribution in [0.25, 0.3) is 10.6 Å². The molecule has 0 unspecified atom stereocenters. The van der Waals surface area contributed by atoms with Crippen LogP contribution in [0.3, 0.4) is 0 Å². The normalized spacial score (nSPS) is 10.5. The molecule has 0 spiro atoms. The third-order valence-electron chi connectivity index (χ3n) is 2.97. The molecule has 0 aliphatic carbocycles. The number of methoxy groups -OCH3 is 1. The van der Waals surface area contributed by atoms with Gasteiger partial charge in [-0.3, -0.25) is 4.79 Å². The summed E-state index contributed by atoms with van der Waals surface area (Å²) in [5, 5.41) is 7.70. The lowest BCUT2D eigenvalue weighted by atomic mass is 10.3. The number of hydrogen-bond donors (Lipinski definition) is 1. The first-order valence-electron chi connectivity index (χ1n) is 6.49. The van der Waals surface area contributed by atoms with Crippen LogP contribution in [0.4, 0.5) is 5.69 Å². The van der Waals surface area contributed by atoms with Crippen molar-refractivity contribution in [2.24, 2.45) is 0 Å². The van der Waals surface area contributed by atoms with Gasteiger partial charge in [-0.05, 0) is 24.4 Å². The Morgan fingerprint density at radius 3 is 2.82 bits per heavy atom. The molecule has 1 amide bonds. The van der Waals surface area contributed by atoms with Crippen molar-refractivity contribution in [2.45, 2.75) is 6.92 Å². The molecule has 0 bridgehead atoms. The molecule has 3 aromatic rings. The van der Waals surface area contributed by atoms with Crippen LogP contribution in [0.5, 0.6) is 5.88 Å². The minimum absolute atomic E-state index is 0.177. The van der Waals surface area contributed by atoms with Gasteiger partial charge in [-0.15, -0.1) is 11.3 Å². The van der Waals surface area contributed by atoms with Gasteiger partial charge in [0.1, 0.15) is 9.88 Å². The number of amides is 1. The third kappa shape index (κ3) is 3.00. The molecule has 7 heteroatoms. The van der Waals surface area contributed by atoms with Crippen molar-refractivity contribution >= 4 is 34.3 Å². The molecule has 22 heavy (non-hydrogen) atoms. The molecular weight excluding hydrogens is 318 g/mol. The summed E-state index contributed by atoms with van der Waals surface area (Å²) in [4.78, 5) is 21.5. The molecule has 3 aromatic heterocycles. The maximum Gasteiger partial charge on any atom is 0.267 e. The molecule has 0 saturated heterocycles. The molecule has 1 N–H and O–H groups in total. The second-order valence-corrected chi connectivity index (χ2v) is 6.27. The van der Waals surface area contributed by atoms with Crippen LogP contribution in [0.15, 0.2) is 35.2 Å². The van der Waals surface area contributed by atoms with E-state index in [0.717, 1.165) is 16.3 Å². The van der Waals surface area contributed by atoms with Crippen molar-refractivity contribution in [3.8, 4) is 16.5 Å². The van der Waals surface area contributed by atoms with E-state index in [2.05, 4.69) is 15.3 Å². The van der Waals surface area contributed by atoms with Crippen molar-refractivity contribution in [1.29, 1.82) is 0 Å². The number of nitrogens with zero attached hydrogens (tertiary/aromatic N) is 2. The van der Waals surface area contributed by atoms with Crippen LogP contribution >= 0.6 is 22.7 Å². The number of aryl methyl sites for hydroxylation is 1. The number of carbonyl (C=O) groups is 1. The summed E-state index contributed by atoms with van der Waals surface area (Å²) in [7, 11) is 1.55. The summed E-state index contributed by atoms with van der Waals surface area (Å²) in [5.41, 5.74) is 2.39. The van der Waals surface area contributed by atoms with Crippen molar-refractivity contribution in [1.82, 2.24) is 9.97 Å². The van der Waals surface area contributed by atoms with Crippen LogP contribution < -0.4 is 10.1 Å². The number of carbonyl (C=O) groups excluding carboxylic acids is 1. The lowest BCUT2D eigenvalue weighted by Crippen LogP contribution is -2.11. The van der Waals surface area contributed by atoms with Gasteiger partial charge in [0.25, 0.3) is 5.91 Å². The highest BCUT2D eigenvalue weighted by atomic mass is 32.1. The number of hydrogen-bond acceptors (Lipinski definition) is 6. The van der Waals surface area contributed by atoms with Crippen LogP contribution in [0.1, 0.15) is 15.4 Å². The predicted octanol–water partition coefficient (Wildman–Crippen LogP) is 3.84. The average Bonchev–Trinajstić information content (AvgIpc) is 3.17. The van der Waals surface area contributed by atoms with E-state index in [0.29, 0.717) is 16.4 Å². The molecular formula is C15H13N3O2S2. The summed E-state index contributed by atoms with van der Waals surface area (Å²) in [6.45, 7) is 1.84. The van der Waals surface area contributed by atoms with Crippen molar-refractivity contribution in [3.05, 3.63) is 45.7 Å². The van der Waals surface area contributed by atoms with E-state index in [4.69, 9.17) is 4.74 Å². The Morgan fingerprint density at radius 2 is 2.18 bits per heavy atom. The molecule has 0 saturated carbocycles. The maximum absolute atomic E-state index is 12.4. The minimum atomic E-state index is -0.177. The molecule has 0 radical (unpaired) electrons. The highest BCUT2D eigenvalue weighted by Crippen LogP contribution is 2.29. The van der Waals surface area contributed by atoms with E-state index in [1.165, 1.54) is 11.3 Å². The molecule has 5 nitrogen and oxygen atoms in total. The Kier molecular flexibility index (Phi) is 4.17. The number of ether oxygens (including phenoxy) is 1. The number of thiophene rings is 1. The number of thiazole rings is 1. The van der Waals surface area contributed by atoms with Crippen LogP contribution in [-0.4, -0.2) is 23.0 Å². The fraction of sp³-hybridized carbons (Fsp3) is 0.133. The Morgan fingerprint density at radius 1 is 1.32 bits per heavy atom. The zero-order valence-electron chi connectivity index (χ0n) is 12.0. The Labute approximate surface area is 135 Å². The molecule has 3 rings (SSSR count). The van der Waals surface area contributed by atoms with Crippen LogP contribution in [-0.2, 0) is 0 Å². The summed E-state index contributed by atoms with van der Waals surface area (Å²) in [6, 6.07) is 5.45. The molecule has 0 aliphatic rings. The Bertz CT molecular complexity index is 780. The van der Waals surface area contributed by atoms with Crippen molar-refractivity contribution in [2.75, 3.05) is 12.4 Å². The van der Waals surface area contributed by atoms with Gasteiger partial charge in [-0.1, -0.05) is 0 Å². The maximum atomic E-state index is 12.4. The Hall–Kier alpha value is -2.25. The van der Waals surface area contributed by atoms with Crippen molar-refractivity contribution < 1.29 is 9.53 Å². The van der Waals surface area contributed by atoms with Gasteiger partial charge in [-0.2, -0.15) is 11.3 Å². The first kappa shape index (κ1) is 14.7. The topological polar surface area (TPSA) is 64.1 Å². The van der Waals surface area contributed by atoms with Gasteiger partial charge >= 0.3 is 0 Å². The molecule has 3 heterocycles. The second kappa shape index (κ2) is 6.25. The molecule has 0 aromatic carbocycles. The van der Waals surface area contributed by atoms with E-state index in [-0.39, 0.29) is 5.91 Å². The monoisotopic (exact) mass is 331 g/mol. The molecule has 112 valence electrons. The first-order chi connectivity index (χ1) is 10.7. The number of nitrogens with one attached hydrogen (secondary N) is 1. The summed E-state index contributed by atoms with van der Waals surface area (Å²) in [6.07, 6.45) is 1.56. The lowest BCUT2D eigenvalue weighted by Gasteiger charge is -2.04. The van der Waals surface area contributed by atoms with Gasteiger partial charge in [-0.25, -0.2) is 9.97 Å². The SMILES string of the molecule is COc1ccc(NC(=O)c2sc(-c3ccsc3)nc2C)cn1. The number of rotatable bonds is 4. The van der Waals surface area contributed by atoms with E-state index in [9.17, 15) is 4.79 Å². The zero-order valence-corrected chi connectivity index (χ0v) is 13.6. The van der Waals surface area contributed by atoms with Crippen LogP contribution in [0, 0.1) is 6.92 Å². The Balaban J connectivity index is 1.80. The smallest absolute Gasteiger partial charge is 0.267 e. The summed E-state index contributed by atoms with van der Waals surface area (Å²) >= 11 is 3.00. The fourth-order valence-electron chi connectivity index (χ4n) is 1.88.